The lowest BCUT2D eigenvalue weighted by Crippen LogP contribution is -2.18. The first-order chi connectivity index (χ1) is 9.70. The lowest BCUT2D eigenvalue weighted by atomic mass is 10.2. The molecule has 1 heterocycles. The lowest BCUT2D eigenvalue weighted by molar-refractivity contribution is 0.428. The fourth-order valence-corrected chi connectivity index (χ4v) is 2.27. The summed E-state index contributed by atoms with van der Waals surface area (Å²) in [5.41, 5.74) is 2.58. The van der Waals surface area contributed by atoms with Gasteiger partial charge in [0.25, 0.3) is 0 Å². The fourth-order valence-electron chi connectivity index (χ4n) is 1.77. The zero-order valence-corrected chi connectivity index (χ0v) is 12.7. The van der Waals surface area contributed by atoms with E-state index in [0.29, 0.717) is 5.11 Å². The van der Waals surface area contributed by atoms with Gasteiger partial charge in [-0.1, -0.05) is 21.1 Å². The van der Waals surface area contributed by atoms with Gasteiger partial charge in [-0.3, -0.25) is 0 Å². The highest BCUT2D eigenvalue weighted by atomic mass is 79.9. The molecular weight excluding hydrogens is 338 g/mol. The van der Waals surface area contributed by atoms with Crippen molar-refractivity contribution in [3.63, 3.8) is 0 Å². The molecule has 100 valence electrons. The van der Waals surface area contributed by atoms with Crippen LogP contribution in [0.3, 0.4) is 0 Å². The topological polar surface area (TPSA) is 50.1 Å². The molecule has 0 unspecified atom stereocenters. The van der Waals surface area contributed by atoms with Crippen LogP contribution in [0.2, 0.25) is 0 Å². The van der Waals surface area contributed by atoms with Gasteiger partial charge in [-0.2, -0.15) is 0 Å². The third kappa shape index (κ3) is 2.97. The van der Waals surface area contributed by atoms with Gasteiger partial charge in [0.1, 0.15) is 11.8 Å². The van der Waals surface area contributed by atoms with Crippen LogP contribution in [0, 0.1) is 0 Å². The minimum absolute atomic E-state index is 0.523. The Morgan fingerprint density at radius 1 is 1.05 bits per heavy atom. The van der Waals surface area contributed by atoms with Gasteiger partial charge in [0.05, 0.1) is 0 Å². The molecule has 0 aliphatic carbocycles. The van der Waals surface area contributed by atoms with Crippen LogP contribution in [-0.2, 0) is 0 Å². The van der Waals surface area contributed by atoms with Crippen molar-refractivity contribution in [1.29, 1.82) is 0 Å². The minimum atomic E-state index is 0.523. The second-order valence-electron chi connectivity index (χ2n) is 4.17. The highest BCUT2D eigenvalue weighted by molar-refractivity contribution is 9.10. The second kappa shape index (κ2) is 5.60. The standard InChI is InChI=1S/C14H10BrN3OS/c15-10-2-5-11(6-3-10)16-14(20)17-12-4-1-9-8-19-18-13(9)7-12/h1-8H,(H2,16,17,20). The van der Waals surface area contributed by atoms with Crippen LogP contribution in [0.25, 0.3) is 10.9 Å². The number of nitrogens with zero attached hydrogens (tertiary/aromatic N) is 1. The lowest BCUT2D eigenvalue weighted by Gasteiger charge is -2.10. The molecule has 0 amide bonds. The van der Waals surface area contributed by atoms with E-state index in [4.69, 9.17) is 16.7 Å². The number of thiocarbonyl (C=S) groups is 1. The van der Waals surface area contributed by atoms with Gasteiger partial charge in [0.15, 0.2) is 5.11 Å². The molecule has 0 fully saturated rings. The number of nitrogens with one attached hydrogen (secondary N) is 2. The van der Waals surface area contributed by atoms with Gasteiger partial charge >= 0.3 is 0 Å². The molecule has 0 atom stereocenters. The van der Waals surface area contributed by atoms with E-state index in [9.17, 15) is 0 Å². The van der Waals surface area contributed by atoms with Crippen LogP contribution in [0.15, 0.2) is 57.7 Å². The zero-order valence-electron chi connectivity index (χ0n) is 10.3. The van der Waals surface area contributed by atoms with E-state index >= 15 is 0 Å². The third-order valence-electron chi connectivity index (χ3n) is 2.72. The predicted octanol–water partition coefficient (Wildman–Crippen LogP) is 4.40. The van der Waals surface area contributed by atoms with Crippen molar-refractivity contribution in [2.75, 3.05) is 10.6 Å². The van der Waals surface area contributed by atoms with Crippen molar-refractivity contribution in [2.24, 2.45) is 0 Å². The van der Waals surface area contributed by atoms with Crippen molar-refractivity contribution in [3.8, 4) is 0 Å². The maximum atomic E-state index is 5.28. The number of anilines is 2. The van der Waals surface area contributed by atoms with Gasteiger partial charge in [0, 0.05) is 21.2 Å². The molecule has 3 rings (SSSR count). The molecule has 2 N–H and O–H groups in total. The molecule has 0 aliphatic heterocycles. The van der Waals surface area contributed by atoms with Gasteiger partial charge < -0.3 is 15.2 Å². The normalized spacial score (nSPS) is 10.4. The molecule has 0 radical (unpaired) electrons. The van der Waals surface area contributed by atoms with Crippen molar-refractivity contribution in [3.05, 3.63) is 53.2 Å². The molecule has 20 heavy (non-hydrogen) atoms. The maximum Gasteiger partial charge on any atom is 0.175 e. The van der Waals surface area contributed by atoms with E-state index in [1.165, 1.54) is 0 Å². The van der Waals surface area contributed by atoms with E-state index in [-0.39, 0.29) is 0 Å². The van der Waals surface area contributed by atoms with Crippen LogP contribution in [0.5, 0.6) is 0 Å². The van der Waals surface area contributed by atoms with E-state index in [1.807, 2.05) is 42.5 Å². The largest absolute Gasteiger partial charge is 0.364 e. The number of hydrogen-bond donors (Lipinski definition) is 2. The summed E-state index contributed by atoms with van der Waals surface area (Å²) in [6.45, 7) is 0. The van der Waals surface area contributed by atoms with Crippen molar-refractivity contribution < 1.29 is 4.52 Å². The van der Waals surface area contributed by atoms with Crippen LogP contribution in [0.1, 0.15) is 0 Å². The maximum absolute atomic E-state index is 5.28. The summed E-state index contributed by atoms with van der Waals surface area (Å²) in [6.07, 6.45) is 1.61. The first-order valence-corrected chi connectivity index (χ1v) is 7.08. The average Bonchev–Trinajstić information content (AvgIpc) is 2.89. The Hall–Kier alpha value is -1.92. The summed E-state index contributed by atoms with van der Waals surface area (Å²) in [7, 11) is 0. The Morgan fingerprint density at radius 3 is 2.55 bits per heavy atom. The number of halogens is 1. The first-order valence-electron chi connectivity index (χ1n) is 5.88. The summed E-state index contributed by atoms with van der Waals surface area (Å²) in [5.74, 6) is 0. The predicted molar refractivity (Wildman–Crippen MR) is 88.0 cm³/mol. The Kier molecular flexibility index (Phi) is 3.66. The Labute approximate surface area is 129 Å². The number of rotatable bonds is 2. The van der Waals surface area contributed by atoms with Crippen LogP contribution < -0.4 is 10.6 Å². The van der Waals surface area contributed by atoms with Crippen LogP contribution >= 0.6 is 28.1 Å². The van der Waals surface area contributed by atoms with Crippen molar-refractivity contribution >= 4 is 55.5 Å². The van der Waals surface area contributed by atoms with Gasteiger partial charge in [-0.25, -0.2) is 0 Å². The molecule has 1 aromatic heterocycles. The van der Waals surface area contributed by atoms with Gasteiger partial charge in [0.2, 0.25) is 0 Å². The quantitative estimate of drug-likeness (QED) is 0.673. The average molecular weight is 348 g/mol. The summed E-state index contributed by atoms with van der Waals surface area (Å²) in [4.78, 5) is 0. The van der Waals surface area contributed by atoms with Crippen molar-refractivity contribution in [2.45, 2.75) is 0 Å². The summed E-state index contributed by atoms with van der Waals surface area (Å²) in [5, 5.41) is 11.6. The molecule has 2 aromatic carbocycles. The van der Waals surface area contributed by atoms with E-state index in [2.05, 4.69) is 31.7 Å². The Balaban J connectivity index is 1.70. The fraction of sp³-hybridized carbons (Fsp3) is 0. The minimum Gasteiger partial charge on any atom is -0.364 e. The molecule has 6 heteroatoms. The van der Waals surface area contributed by atoms with Gasteiger partial charge in [-0.05, 0) is 54.7 Å². The number of benzene rings is 2. The first kappa shape index (κ1) is 13.1. The molecule has 0 saturated heterocycles. The van der Waals surface area contributed by atoms with E-state index in [0.717, 1.165) is 26.8 Å². The molecule has 4 nitrogen and oxygen atoms in total. The van der Waals surface area contributed by atoms with Gasteiger partial charge in [-0.15, -0.1) is 0 Å². The molecule has 0 aliphatic rings. The smallest absolute Gasteiger partial charge is 0.175 e. The molecule has 3 aromatic rings. The second-order valence-corrected chi connectivity index (χ2v) is 5.50. The highest BCUT2D eigenvalue weighted by Gasteiger charge is 2.02. The summed E-state index contributed by atoms with van der Waals surface area (Å²) >= 11 is 8.67. The van der Waals surface area contributed by atoms with Crippen LogP contribution in [0.4, 0.5) is 11.4 Å². The monoisotopic (exact) mass is 347 g/mol. The highest BCUT2D eigenvalue weighted by Crippen LogP contribution is 2.18. The van der Waals surface area contributed by atoms with Crippen molar-refractivity contribution in [1.82, 2.24) is 5.16 Å². The Bertz CT molecular complexity index is 754. The number of fused-ring (bicyclic) bond motifs is 1. The zero-order chi connectivity index (χ0) is 13.9. The molecule has 0 bridgehead atoms. The Morgan fingerprint density at radius 2 is 1.75 bits per heavy atom. The van der Waals surface area contributed by atoms with E-state index < -0.39 is 0 Å². The number of aromatic nitrogens is 1. The molecule has 0 spiro atoms. The summed E-state index contributed by atoms with van der Waals surface area (Å²) in [6, 6.07) is 13.5. The SMILES string of the molecule is S=C(Nc1ccc(Br)cc1)Nc1ccc2conc2c1. The van der Waals surface area contributed by atoms with E-state index in [1.54, 1.807) is 6.26 Å². The molecular formula is C14H10BrN3OS. The van der Waals surface area contributed by atoms with Crippen LogP contribution in [-0.4, -0.2) is 10.3 Å². The third-order valence-corrected chi connectivity index (χ3v) is 3.45. The number of hydrogen-bond acceptors (Lipinski definition) is 3. The molecule has 0 saturated carbocycles. The summed E-state index contributed by atoms with van der Waals surface area (Å²) < 4.78 is 5.93.